The molecule has 1 aliphatic carbocycles. The predicted octanol–water partition coefficient (Wildman–Crippen LogP) is 2.59. The molecule has 1 amide bonds. The summed E-state index contributed by atoms with van der Waals surface area (Å²) >= 11 is 5.72. The Morgan fingerprint density at radius 3 is 3.05 bits per heavy atom. The van der Waals surface area contributed by atoms with Gasteiger partial charge in [0, 0.05) is 18.2 Å². The Kier molecular flexibility index (Phi) is 5.21. The minimum absolute atomic E-state index is 0.108. The van der Waals surface area contributed by atoms with Crippen LogP contribution in [0.2, 0.25) is 5.02 Å². The number of hydrogen-bond acceptors (Lipinski definition) is 3. The maximum absolute atomic E-state index is 11.8. The second-order valence-corrected chi connectivity index (χ2v) is 4.87. The Morgan fingerprint density at radius 2 is 2.37 bits per heavy atom. The zero-order valence-electron chi connectivity index (χ0n) is 10.6. The van der Waals surface area contributed by atoms with Gasteiger partial charge in [-0.3, -0.25) is 4.79 Å². The van der Waals surface area contributed by atoms with Crippen LogP contribution in [0.25, 0.3) is 0 Å². The fourth-order valence-electron chi connectivity index (χ4n) is 1.95. The first-order chi connectivity index (χ1) is 9.25. The van der Waals surface area contributed by atoms with Crippen LogP contribution in [0.1, 0.15) is 19.3 Å². The zero-order valence-corrected chi connectivity index (χ0v) is 11.4. The van der Waals surface area contributed by atoms with E-state index in [2.05, 4.69) is 22.5 Å². The Bertz CT molecular complexity index is 445. The van der Waals surface area contributed by atoms with Crippen LogP contribution in [0.15, 0.2) is 30.5 Å². The van der Waals surface area contributed by atoms with Crippen molar-refractivity contribution in [1.82, 2.24) is 10.3 Å². The highest BCUT2D eigenvalue weighted by Gasteiger charge is 2.17. The second kappa shape index (κ2) is 7.14. The van der Waals surface area contributed by atoms with Gasteiger partial charge in [-0.05, 0) is 25.3 Å². The summed E-state index contributed by atoms with van der Waals surface area (Å²) in [5.74, 6) is 0.731. The van der Waals surface area contributed by atoms with E-state index in [1.165, 1.54) is 6.20 Å². The molecule has 0 aromatic carbocycles. The number of nitrogens with one attached hydrogen (secondary N) is 1. The number of hydrogen-bond donors (Lipinski definition) is 1. The maximum atomic E-state index is 11.8. The number of allylic oxidation sites excluding steroid dienone is 2. The number of rotatable bonds is 5. The van der Waals surface area contributed by atoms with Gasteiger partial charge in [0.25, 0.3) is 0 Å². The van der Waals surface area contributed by atoms with Gasteiger partial charge in [-0.1, -0.05) is 23.8 Å². The van der Waals surface area contributed by atoms with Crippen LogP contribution < -0.4 is 10.1 Å². The summed E-state index contributed by atoms with van der Waals surface area (Å²) < 4.78 is 5.40. The van der Waals surface area contributed by atoms with E-state index < -0.39 is 0 Å². The highest BCUT2D eigenvalue weighted by atomic mass is 35.5. The minimum atomic E-state index is 0.108. The molecule has 4 nitrogen and oxygen atoms in total. The highest BCUT2D eigenvalue weighted by Crippen LogP contribution is 2.17. The lowest BCUT2D eigenvalue weighted by Crippen LogP contribution is -2.34. The molecule has 1 aliphatic rings. The zero-order chi connectivity index (χ0) is 13.5. The fourth-order valence-corrected chi connectivity index (χ4v) is 2.07. The summed E-state index contributed by atoms with van der Waals surface area (Å²) in [6.07, 6.45) is 8.49. The third-order valence-electron chi connectivity index (χ3n) is 2.99. The number of nitrogens with zero attached hydrogens (tertiary/aromatic N) is 1. The first kappa shape index (κ1) is 13.9. The number of aromatic nitrogens is 1. The number of carbonyl (C=O) groups excluding carboxylic acids is 1. The standard InChI is InChI=1S/C14H17ClN2O2/c15-12-6-7-13(17-10-12)19-9-8-16-14(18)11-4-2-1-3-5-11/h1-2,6-7,10-11H,3-5,8-9H2,(H,16,18)/t11-/m0/s1. The van der Waals surface area contributed by atoms with Crippen molar-refractivity contribution < 1.29 is 9.53 Å². The van der Waals surface area contributed by atoms with E-state index >= 15 is 0 Å². The number of amides is 1. The highest BCUT2D eigenvalue weighted by molar-refractivity contribution is 6.30. The summed E-state index contributed by atoms with van der Waals surface area (Å²) in [4.78, 5) is 15.8. The molecule has 0 bridgehead atoms. The van der Waals surface area contributed by atoms with Gasteiger partial charge in [-0.15, -0.1) is 0 Å². The van der Waals surface area contributed by atoms with Crippen LogP contribution in [-0.4, -0.2) is 24.0 Å². The Balaban J connectivity index is 1.65. The lowest BCUT2D eigenvalue weighted by molar-refractivity contribution is -0.125. The summed E-state index contributed by atoms with van der Waals surface area (Å²) in [7, 11) is 0. The molecule has 1 aromatic heterocycles. The monoisotopic (exact) mass is 280 g/mol. The van der Waals surface area contributed by atoms with Gasteiger partial charge in [0.15, 0.2) is 0 Å². The van der Waals surface area contributed by atoms with Crippen molar-refractivity contribution in [3.05, 3.63) is 35.5 Å². The SMILES string of the molecule is O=C(NCCOc1ccc(Cl)cn1)[C@H]1CC=CCC1. The van der Waals surface area contributed by atoms with E-state index in [0.29, 0.717) is 24.1 Å². The van der Waals surface area contributed by atoms with Gasteiger partial charge in [0.05, 0.1) is 11.6 Å². The van der Waals surface area contributed by atoms with Crippen LogP contribution in [0, 0.1) is 5.92 Å². The molecule has 0 radical (unpaired) electrons. The van der Waals surface area contributed by atoms with Crippen molar-refractivity contribution in [2.75, 3.05) is 13.2 Å². The molecule has 5 heteroatoms. The topological polar surface area (TPSA) is 51.2 Å². The van der Waals surface area contributed by atoms with Gasteiger partial charge in [-0.25, -0.2) is 4.98 Å². The normalized spacial score (nSPS) is 18.1. The van der Waals surface area contributed by atoms with E-state index in [0.717, 1.165) is 19.3 Å². The average Bonchev–Trinajstić information content (AvgIpc) is 2.46. The number of carbonyl (C=O) groups is 1. The van der Waals surface area contributed by atoms with Crippen molar-refractivity contribution in [3.8, 4) is 5.88 Å². The van der Waals surface area contributed by atoms with Crippen molar-refractivity contribution in [2.24, 2.45) is 5.92 Å². The minimum Gasteiger partial charge on any atom is -0.476 e. The first-order valence-electron chi connectivity index (χ1n) is 6.43. The smallest absolute Gasteiger partial charge is 0.223 e. The van der Waals surface area contributed by atoms with Crippen molar-refractivity contribution in [1.29, 1.82) is 0 Å². The molecule has 1 N–H and O–H groups in total. The van der Waals surface area contributed by atoms with E-state index in [1.54, 1.807) is 12.1 Å². The number of pyridine rings is 1. The van der Waals surface area contributed by atoms with Crippen LogP contribution in [0.5, 0.6) is 5.88 Å². The van der Waals surface area contributed by atoms with Crippen LogP contribution in [-0.2, 0) is 4.79 Å². The van der Waals surface area contributed by atoms with E-state index in [-0.39, 0.29) is 11.8 Å². The van der Waals surface area contributed by atoms with E-state index in [9.17, 15) is 4.79 Å². The van der Waals surface area contributed by atoms with Crippen molar-refractivity contribution >= 4 is 17.5 Å². The van der Waals surface area contributed by atoms with Crippen LogP contribution >= 0.6 is 11.6 Å². The lowest BCUT2D eigenvalue weighted by atomic mass is 9.94. The molecule has 0 unspecified atom stereocenters. The Hall–Kier alpha value is -1.55. The van der Waals surface area contributed by atoms with Gasteiger partial charge in [0.2, 0.25) is 11.8 Å². The first-order valence-corrected chi connectivity index (χ1v) is 6.80. The summed E-state index contributed by atoms with van der Waals surface area (Å²) in [5, 5.41) is 3.46. The number of ether oxygens (including phenoxy) is 1. The molecule has 1 aromatic rings. The number of halogens is 1. The lowest BCUT2D eigenvalue weighted by Gasteiger charge is -2.17. The van der Waals surface area contributed by atoms with Gasteiger partial charge >= 0.3 is 0 Å². The molecule has 0 spiro atoms. The average molecular weight is 281 g/mol. The summed E-state index contributed by atoms with van der Waals surface area (Å²) in [5.41, 5.74) is 0. The molecular formula is C14H17ClN2O2. The molecule has 1 heterocycles. The molecule has 0 saturated carbocycles. The molecular weight excluding hydrogens is 264 g/mol. The molecule has 19 heavy (non-hydrogen) atoms. The van der Waals surface area contributed by atoms with Gasteiger partial charge in [0.1, 0.15) is 6.61 Å². The largest absolute Gasteiger partial charge is 0.476 e. The summed E-state index contributed by atoms with van der Waals surface area (Å²) in [6.45, 7) is 0.895. The second-order valence-electron chi connectivity index (χ2n) is 4.44. The summed E-state index contributed by atoms with van der Waals surface area (Å²) in [6, 6.07) is 3.42. The molecule has 2 rings (SSSR count). The molecule has 0 fully saturated rings. The van der Waals surface area contributed by atoms with Crippen molar-refractivity contribution in [3.63, 3.8) is 0 Å². The quantitative estimate of drug-likeness (QED) is 0.666. The third kappa shape index (κ3) is 4.56. The molecule has 0 saturated heterocycles. The maximum Gasteiger partial charge on any atom is 0.223 e. The van der Waals surface area contributed by atoms with Gasteiger partial charge < -0.3 is 10.1 Å². The van der Waals surface area contributed by atoms with E-state index in [1.807, 2.05) is 0 Å². The van der Waals surface area contributed by atoms with Crippen LogP contribution in [0.4, 0.5) is 0 Å². The molecule has 1 atom stereocenters. The Labute approximate surface area is 117 Å². The fraction of sp³-hybridized carbons (Fsp3) is 0.429. The van der Waals surface area contributed by atoms with Crippen LogP contribution in [0.3, 0.4) is 0 Å². The van der Waals surface area contributed by atoms with E-state index in [4.69, 9.17) is 16.3 Å². The predicted molar refractivity (Wildman–Crippen MR) is 74.2 cm³/mol. The molecule has 102 valence electrons. The molecule has 0 aliphatic heterocycles. The van der Waals surface area contributed by atoms with Gasteiger partial charge in [-0.2, -0.15) is 0 Å². The van der Waals surface area contributed by atoms with Crippen molar-refractivity contribution in [2.45, 2.75) is 19.3 Å². The Morgan fingerprint density at radius 1 is 1.47 bits per heavy atom. The third-order valence-corrected chi connectivity index (χ3v) is 3.21.